The number of hydrogen-bond donors (Lipinski definition) is 0. The van der Waals surface area contributed by atoms with Gasteiger partial charge in [0.25, 0.3) is 0 Å². The van der Waals surface area contributed by atoms with Crippen LogP contribution in [-0.2, 0) is 4.79 Å². The van der Waals surface area contributed by atoms with Crippen LogP contribution in [0.3, 0.4) is 0 Å². The van der Waals surface area contributed by atoms with Crippen molar-refractivity contribution in [2.24, 2.45) is 0 Å². The Morgan fingerprint density at radius 3 is 2.47 bits per heavy atom. The molecule has 94 valence electrons. The highest BCUT2D eigenvalue weighted by Crippen LogP contribution is 2.34. The highest BCUT2D eigenvalue weighted by atomic mass is 35.5. The van der Waals surface area contributed by atoms with Gasteiger partial charge in [0.05, 0.1) is 5.56 Å². The smallest absolute Gasteiger partial charge is 0.248 e. The Bertz CT molecular complexity index is 664. The third-order valence-electron chi connectivity index (χ3n) is 3.00. The van der Waals surface area contributed by atoms with Crippen molar-refractivity contribution in [3.8, 4) is 5.75 Å². The van der Waals surface area contributed by atoms with Crippen molar-refractivity contribution in [2.45, 2.75) is 6.10 Å². The number of hydrogen-bond acceptors (Lipinski definition) is 3. The largest absolute Gasteiger partial charge is 0.477 e. The van der Waals surface area contributed by atoms with E-state index in [2.05, 4.69) is 0 Å². The highest BCUT2D eigenvalue weighted by Gasteiger charge is 2.36. The first-order valence-corrected chi connectivity index (χ1v) is 6.14. The van der Waals surface area contributed by atoms with E-state index < -0.39 is 17.7 Å². The number of rotatable bonds is 1. The first kappa shape index (κ1) is 11.9. The summed E-state index contributed by atoms with van der Waals surface area (Å²) in [7, 11) is 0. The van der Waals surface area contributed by atoms with Gasteiger partial charge in [0, 0.05) is 10.6 Å². The van der Waals surface area contributed by atoms with Crippen LogP contribution < -0.4 is 4.74 Å². The van der Waals surface area contributed by atoms with Crippen molar-refractivity contribution in [1.82, 2.24) is 0 Å². The summed E-state index contributed by atoms with van der Waals surface area (Å²) in [6.07, 6.45) is -0.873. The second-order valence-corrected chi connectivity index (χ2v) is 4.68. The quantitative estimate of drug-likeness (QED) is 0.749. The van der Waals surface area contributed by atoms with Gasteiger partial charge in [-0.15, -0.1) is 0 Å². The van der Waals surface area contributed by atoms with Crippen molar-refractivity contribution in [1.29, 1.82) is 0 Å². The van der Waals surface area contributed by atoms with Gasteiger partial charge < -0.3 is 4.74 Å². The molecule has 4 heteroatoms. The molecule has 3 nitrogen and oxygen atoms in total. The number of Topliss-reactive ketones (excluding diaryl/α,β-unsaturated/α-hetero) is 2. The average molecular weight is 273 g/mol. The fourth-order valence-corrected chi connectivity index (χ4v) is 2.23. The van der Waals surface area contributed by atoms with Gasteiger partial charge in [0.1, 0.15) is 5.75 Å². The molecule has 0 bridgehead atoms. The standard InChI is InChI=1S/C15H9ClO3/c16-10-6-7-12-11(8-10)13(17)14(18)15(19-12)9-4-2-1-3-5-9/h1-8,15H. The van der Waals surface area contributed by atoms with Crippen LogP contribution in [0, 0.1) is 0 Å². The third-order valence-corrected chi connectivity index (χ3v) is 3.23. The molecule has 0 saturated heterocycles. The monoisotopic (exact) mass is 272 g/mol. The third kappa shape index (κ3) is 2.02. The molecule has 0 amide bonds. The SMILES string of the molecule is O=C1C(=O)C(c2ccccc2)Oc2ccc(Cl)cc21. The number of fused-ring (bicyclic) bond motifs is 1. The zero-order valence-electron chi connectivity index (χ0n) is 9.80. The summed E-state index contributed by atoms with van der Waals surface area (Å²) in [6.45, 7) is 0. The van der Waals surface area contributed by atoms with Gasteiger partial charge in [-0.1, -0.05) is 41.9 Å². The summed E-state index contributed by atoms with van der Waals surface area (Å²) in [5, 5.41) is 0.404. The highest BCUT2D eigenvalue weighted by molar-refractivity contribution is 6.47. The van der Waals surface area contributed by atoms with Crippen LogP contribution in [0.4, 0.5) is 0 Å². The van der Waals surface area contributed by atoms with Crippen LogP contribution in [0.5, 0.6) is 5.75 Å². The molecule has 1 aliphatic rings. The van der Waals surface area contributed by atoms with E-state index >= 15 is 0 Å². The number of carbonyl (C=O) groups excluding carboxylic acids is 2. The lowest BCUT2D eigenvalue weighted by Gasteiger charge is -2.24. The number of ether oxygens (including phenoxy) is 1. The van der Waals surface area contributed by atoms with E-state index in [0.717, 1.165) is 0 Å². The summed E-state index contributed by atoms with van der Waals surface area (Å²) in [4.78, 5) is 24.1. The zero-order chi connectivity index (χ0) is 13.4. The topological polar surface area (TPSA) is 43.4 Å². The molecule has 0 spiro atoms. The summed E-state index contributed by atoms with van der Waals surface area (Å²) in [5.41, 5.74) is 0.895. The van der Waals surface area contributed by atoms with Gasteiger partial charge >= 0.3 is 0 Å². The number of ketones is 2. The van der Waals surface area contributed by atoms with E-state index in [9.17, 15) is 9.59 Å². The van der Waals surface area contributed by atoms with E-state index in [4.69, 9.17) is 16.3 Å². The maximum atomic E-state index is 12.1. The molecule has 1 aliphatic heterocycles. The van der Waals surface area contributed by atoms with E-state index in [1.54, 1.807) is 36.4 Å². The van der Waals surface area contributed by atoms with Crippen LogP contribution in [-0.4, -0.2) is 11.6 Å². The minimum Gasteiger partial charge on any atom is -0.477 e. The number of halogens is 1. The van der Waals surface area contributed by atoms with Gasteiger partial charge in [0.15, 0.2) is 6.10 Å². The lowest BCUT2D eigenvalue weighted by atomic mass is 9.95. The van der Waals surface area contributed by atoms with Crippen molar-refractivity contribution in [3.63, 3.8) is 0 Å². The van der Waals surface area contributed by atoms with E-state index in [-0.39, 0.29) is 5.56 Å². The summed E-state index contributed by atoms with van der Waals surface area (Å²) in [5.74, 6) is -0.735. The van der Waals surface area contributed by atoms with E-state index in [1.165, 1.54) is 6.07 Å². The van der Waals surface area contributed by atoms with Crippen molar-refractivity contribution in [3.05, 3.63) is 64.7 Å². The fraction of sp³-hybridized carbons (Fsp3) is 0.0667. The number of carbonyl (C=O) groups is 2. The van der Waals surface area contributed by atoms with Crippen molar-refractivity contribution >= 4 is 23.2 Å². The maximum Gasteiger partial charge on any atom is 0.248 e. The lowest BCUT2D eigenvalue weighted by molar-refractivity contribution is -0.122. The Hall–Kier alpha value is -2.13. The predicted octanol–water partition coefficient (Wildman–Crippen LogP) is 3.23. The molecule has 0 aromatic heterocycles. The van der Waals surface area contributed by atoms with Crippen LogP contribution in [0.15, 0.2) is 48.5 Å². The molecule has 2 aromatic rings. The Balaban J connectivity index is 2.07. The predicted molar refractivity (Wildman–Crippen MR) is 70.6 cm³/mol. The van der Waals surface area contributed by atoms with Gasteiger partial charge in [-0.05, 0) is 18.2 Å². The summed E-state index contributed by atoms with van der Waals surface area (Å²) < 4.78 is 5.63. The summed E-state index contributed by atoms with van der Waals surface area (Å²) in [6, 6.07) is 13.7. The Morgan fingerprint density at radius 2 is 1.74 bits per heavy atom. The first-order valence-electron chi connectivity index (χ1n) is 5.76. The molecular formula is C15H9ClO3. The summed E-state index contributed by atoms with van der Waals surface area (Å²) >= 11 is 5.82. The van der Waals surface area contributed by atoms with Gasteiger partial charge in [0.2, 0.25) is 11.6 Å². The Morgan fingerprint density at radius 1 is 1.00 bits per heavy atom. The van der Waals surface area contributed by atoms with Crippen molar-refractivity contribution < 1.29 is 14.3 Å². The molecule has 0 saturated carbocycles. The van der Waals surface area contributed by atoms with Gasteiger partial charge in [-0.2, -0.15) is 0 Å². The Kier molecular flexibility index (Phi) is 2.84. The maximum absolute atomic E-state index is 12.1. The van der Waals surface area contributed by atoms with E-state index in [0.29, 0.717) is 16.3 Å². The molecule has 19 heavy (non-hydrogen) atoms. The van der Waals surface area contributed by atoms with Gasteiger partial charge in [-0.3, -0.25) is 9.59 Å². The molecular weight excluding hydrogens is 264 g/mol. The number of benzene rings is 2. The normalized spacial score (nSPS) is 17.8. The van der Waals surface area contributed by atoms with Crippen molar-refractivity contribution in [2.75, 3.05) is 0 Å². The van der Waals surface area contributed by atoms with Gasteiger partial charge in [-0.25, -0.2) is 0 Å². The molecule has 0 fully saturated rings. The minimum absolute atomic E-state index is 0.227. The first-order chi connectivity index (χ1) is 9.16. The zero-order valence-corrected chi connectivity index (χ0v) is 10.6. The van der Waals surface area contributed by atoms with Crippen LogP contribution in [0.1, 0.15) is 22.0 Å². The minimum atomic E-state index is -0.873. The second-order valence-electron chi connectivity index (χ2n) is 4.24. The van der Waals surface area contributed by atoms with Crippen LogP contribution >= 0.6 is 11.6 Å². The van der Waals surface area contributed by atoms with Crippen LogP contribution in [0.25, 0.3) is 0 Å². The molecule has 1 heterocycles. The molecule has 1 atom stereocenters. The van der Waals surface area contributed by atoms with Crippen LogP contribution in [0.2, 0.25) is 5.02 Å². The Labute approximate surface area is 114 Å². The fourth-order valence-electron chi connectivity index (χ4n) is 2.06. The van der Waals surface area contributed by atoms with E-state index in [1.807, 2.05) is 6.07 Å². The molecule has 0 radical (unpaired) electrons. The molecule has 1 unspecified atom stereocenters. The molecule has 0 aliphatic carbocycles. The average Bonchev–Trinajstić information content (AvgIpc) is 2.44. The molecule has 2 aromatic carbocycles. The lowest BCUT2D eigenvalue weighted by Crippen LogP contribution is -2.31. The second kappa shape index (κ2) is 4.52. The molecule has 3 rings (SSSR count). The molecule has 0 N–H and O–H groups in total.